The number of aryl methyl sites for hydroxylation is 1. The fourth-order valence-electron chi connectivity index (χ4n) is 1.73. The number of benzene rings is 1. The third kappa shape index (κ3) is 2.12. The SMILES string of the molecule is CCCCCc1ccc2o[nH]c(=O)c2c1. The van der Waals surface area contributed by atoms with Gasteiger partial charge < -0.3 is 4.52 Å². The predicted octanol–water partition coefficient (Wildman–Crippen LogP) is 2.85. The average molecular weight is 205 g/mol. The van der Waals surface area contributed by atoms with Crippen molar-refractivity contribution in [2.75, 3.05) is 0 Å². The largest absolute Gasteiger partial charge is 0.378 e. The number of fused-ring (bicyclic) bond motifs is 1. The van der Waals surface area contributed by atoms with E-state index in [1.54, 1.807) is 0 Å². The van der Waals surface area contributed by atoms with Crippen LogP contribution in [0.1, 0.15) is 31.7 Å². The Kier molecular flexibility index (Phi) is 2.90. The van der Waals surface area contributed by atoms with Crippen molar-refractivity contribution >= 4 is 11.0 Å². The lowest BCUT2D eigenvalue weighted by molar-refractivity contribution is 0.449. The quantitative estimate of drug-likeness (QED) is 0.780. The lowest BCUT2D eigenvalue weighted by atomic mass is 10.1. The second-order valence-electron chi connectivity index (χ2n) is 3.82. The van der Waals surface area contributed by atoms with Gasteiger partial charge in [-0.25, -0.2) is 0 Å². The number of hydrogen-bond acceptors (Lipinski definition) is 2. The van der Waals surface area contributed by atoms with Crippen LogP contribution in [0.25, 0.3) is 11.0 Å². The number of aromatic nitrogens is 1. The van der Waals surface area contributed by atoms with Gasteiger partial charge in [0.2, 0.25) is 0 Å². The topological polar surface area (TPSA) is 46.0 Å². The minimum atomic E-state index is -0.137. The van der Waals surface area contributed by atoms with Crippen molar-refractivity contribution in [3.63, 3.8) is 0 Å². The molecule has 0 radical (unpaired) electrons. The van der Waals surface area contributed by atoms with Gasteiger partial charge in [-0.3, -0.25) is 4.79 Å². The van der Waals surface area contributed by atoms with Crippen LogP contribution in [-0.2, 0) is 6.42 Å². The van der Waals surface area contributed by atoms with Gasteiger partial charge in [0, 0.05) is 0 Å². The predicted molar refractivity (Wildman–Crippen MR) is 60.1 cm³/mol. The maximum Gasteiger partial charge on any atom is 0.287 e. The van der Waals surface area contributed by atoms with Gasteiger partial charge in [0.15, 0.2) is 5.58 Å². The molecule has 0 aliphatic carbocycles. The van der Waals surface area contributed by atoms with Crippen molar-refractivity contribution in [3.05, 3.63) is 34.1 Å². The molecule has 0 unspecified atom stereocenters. The molecule has 0 atom stereocenters. The van der Waals surface area contributed by atoms with Crippen LogP contribution < -0.4 is 5.56 Å². The molecular formula is C12H15NO2. The van der Waals surface area contributed by atoms with Crippen LogP contribution in [0.3, 0.4) is 0 Å². The fraction of sp³-hybridized carbons (Fsp3) is 0.417. The summed E-state index contributed by atoms with van der Waals surface area (Å²) in [5.41, 5.74) is 1.71. The number of hydrogen-bond donors (Lipinski definition) is 1. The Bertz CT molecular complexity index is 496. The molecule has 0 bridgehead atoms. The van der Waals surface area contributed by atoms with E-state index < -0.39 is 0 Å². The zero-order valence-corrected chi connectivity index (χ0v) is 8.88. The number of nitrogens with one attached hydrogen (secondary N) is 1. The first-order valence-electron chi connectivity index (χ1n) is 5.41. The van der Waals surface area contributed by atoms with Crippen molar-refractivity contribution in [3.8, 4) is 0 Å². The molecule has 3 nitrogen and oxygen atoms in total. The van der Waals surface area contributed by atoms with Gasteiger partial charge in [-0.15, -0.1) is 0 Å². The summed E-state index contributed by atoms with van der Waals surface area (Å²) >= 11 is 0. The summed E-state index contributed by atoms with van der Waals surface area (Å²) in [6, 6.07) is 5.80. The first kappa shape index (κ1) is 10.0. The number of unbranched alkanes of at least 4 members (excludes halogenated alkanes) is 2. The molecule has 0 amide bonds. The van der Waals surface area contributed by atoms with Crippen molar-refractivity contribution in [1.82, 2.24) is 5.16 Å². The fourth-order valence-corrected chi connectivity index (χ4v) is 1.73. The first-order valence-corrected chi connectivity index (χ1v) is 5.41. The van der Waals surface area contributed by atoms with Crippen molar-refractivity contribution in [1.29, 1.82) is 0 Å². The van der Waals surface area contributed by atoms with E-state index in [1.165, 1.54) is 24.8 Å². The Morgan fingerprint density at radius 2 is 2.20 bits per heavy atom. The monoisotopic (exact) mass is 205 g/mol. The summed E-state index contributed by atoms with van der Waals surface area (Å²) < 4.78 is 4.99. The van der Waals surface area contributed by atoms with Crippen LogP contribution in [0.5, 0.6) is 0 Å². The number of H-pyrrole nitrogens is 1. The van der Waals surface area contributed by atoms with Gasteiger partial charge >= 0.3 is 0 Å². The molecule has 0 saturated heterocycles. The zero-order chi connectivity index (χ0) is 10.7. The summed E-state index contributed by atoms with van der Waals surface area (Å²) in [6.45, 7) is 2.18. The van der Waals surface area contributed by atoms with Gasteiger partial charge in [0.1, 0.15) is 0 Å². The van der Waals surface area contributed by atoms with Crippen molar-refractivity contribution < 1.29 is 4.52 Å². The van der Waals surface area contributed by atoms with Crippen LogP contribution in [0, 0.1) is 0 Å². The molecule has 0 fully saturated rings. The molecule has 0 spiro atoms. The zero-order valence-electron chi connectivity index (χ0n) is 8.88. The first-order chi connectivity index (χ1) is 7.31. The van der Waals surface area contributed by atoms with Crippen LogP contribution in [0.2, 0.25) is 0 Å². The average Bonchev–Trinajstić information content (AvgIpc) is 2.61. The van der Waals surface area contributed by atoms with E-state index in [2.05, 4.69) is 12.1 Å². The lowest BCUT2D eigenvalue weighted by Crippen LogP contribution is -1.97. The Morgan fingerprint density at radius 1 is 1.33 bits per heavy atom. The van der Waals surface area contributed by atoms with Crippen LogP contribution in [-0.4, -0.2) is 5.16 Å². The second-order valence-corrected chi connectivity index (χ2v) is 3.82. The van der Waals surface area contributed by atoms with Crippen molar-refractivity contribution in [2.45, 2.75) is 32.6 Å². The molecule has 1 N–H and O–H groups in total. The molecule has 0 aliphatic heterocycles. The standard InChI is InChI=1S/C12H15NO2/c1-2-3-4-5-9-6-7-11-10(8-9)12(14)13-15-11/h6-8H,2-5H2,1H3,(H,13,14). The molecule has 1 heterocycles. The van der Waals surface area contributed by atoms with E-state index in [9.17, 15) is 4.79 Å². The highest BCUT2D eigenvalue weighted by Gasteiger charge is 2.03. The molecular weight excluding hydrogens is 190 g/mol. The smallest absolute Gasteiger partial charge is 0.287 e. The molecule has 2 aromatic rings. The summed E-state index contributed by atoms with van der Waals surface area (Å²) in [6.07, 6.45) is 4.67. The van der Waals surface area contributed by atoms with E-state index in [-0.39, 0.29) is 5.56 Å². The third-order valence-corrected chi connectivity index (χ3v) is 2.61. The van der Waals surface area contributed by atoms with E-state index >= 15 is 0 Å². The molecule has 2 rings (SSSR count). The summed E-state index contributed by atoms with van der Waals surface area (Å²) in [4.78, 5) is 11.3. The maximum absolute atomic E-state index is 11.3. The van der Waals surface area contributed by atoms with Crippen molar-refractivity contribution in [2.24, 2.45) is 0 Å². The van der Waals surface area contributed by atoms with Gasteiger partial charge in [-0.1, -0.05) is 25.8 Å². The molecule has 0 saturated carbocycles. The molecule has 1 aromatic carbocycles. The van der Waals surface area contributed by atoms with Gasteiger partial charge in [-0.2, -0.15) is 5.16 Å². The highest BCUT2D eigenvalue weighted by molar-refractivity contribution is 5.76. The number of rotatable bonds is 4. The van der Waals surface area contributed by atoms with Gasteiger partial charge in [-0.05, 0) is 30.5 Å². The minimum absolute atomic E-state index is 0.137. The van der Waals surface area contributed by atoms with E-state index in [4.69, 9.17) is 4.52 Å². The Morgan fingerprint density at radius 3 is 3.00 bits per heavy atom. The summed E-state index contributed by atoms with van der Waals surface area (Å²) in [5.74, 6) is 0. The van der Waals surface area contributed by atoms with Gasteiger partial charge in [0.25, 0.3) is 5.56 Å². The Hall–Kier alpha value is -1.51. The molecule has 15 heavy (non-hydrogen) atoms. The highest BCUT2D eigenvalue weighted by atomic mass is 16.5. The van der Waals surface area contributed by atoms with Gasteiger partial charge in [0.05, 0.1) is 5.39 Å². The molecule has 0 aliphatic rings. The maximum atomic E-state index is 11.3. The number of aromatic amines is 1. The second kappa shape index (κ2) is 4.34. The minimum Gasteiger partial charge on any atom is -0.378 e. The normalized spacial score (nSPS) is 11.0. The van der Waals surface area contributed by atoms with Crippen LogP contribution in [0.15, 0.2) is 27.5 Å². The molecule has 80 valence electrons. The Balaban J connectivity index is 2.22. The molecule has 1 aromatic heterocycles. The Labute approximate surface area is 88.1 Å². The van der Waals surface area contributed by atoms with E-state index in [0.29, 0.717) is 11.0 Å². The third-order valence-electron chi connectivity index (χ3n) is 2.61. The summed E-state index contributed by atoms with van der Waals surface area (Å²) in [7, 11) is 0. The lowest BCUT2D eigenvalue weighted by Gasteiger charge is -1.99. The van der Waals surface area contributed by atoms with Crippen LogP contribution in [0.4, 0.5) is 0 Å². The van der Waals surface area contributed by atoms with E-state index in [0.717, 1.165) is 6.42 Å². The molecule has 3 heteroatoms. The summed E-state index contributed by atoms with van der Waals surface area (Å²) in [5, 5.41) is 3.00. The van der Waals surface area contributed by atoms with E-state index in [1.807, 2.05) is 18.2 Å². The highest BCUT2D eigenvalue weighted by Crippen LogP contribution is 2.14. The van der Waals surface area contributed by atoms with Crippen LogP contribution >= 0.6 is 0 Å².